The molecule has 0 aliphatic carbocycles. The van der Waals surface area contributed by atoms with Crippen LogP contribution in [0.3, 0.4) is 0 Å². The number of alkyl halides is 1. The van der Waals surface area contributed by atoms with Crippen molar-refractivity contribution in [3.8, 4) is 11.5 Å². The van der Waals surface area contributed by atoms with E-state index in [1.165, 1.54) is 6.07 Å². The predicted molar refractivity (Wildman–Crippen MR) is 77.5 cm³/mol. The largest absolute Gasteiger partial charge is 0.511 e. The summed E-state index contributed by atoms with van der Waals surface area (Å²) in [6.45, 7) is 2.02. The maximum absolute atomic E-state index is 10.5. The first-order valence-corrected chi connectivity index (χ1v) is 7.52. The van der Waals surface area contributed by atoms with Crippen LogP contribution in [0, 0.1) is 0 Å². The van der Waals surface area contributed by atoms with Gasteiger partial charge in [-0.1, -0.05) is 35.3 Å². The highest BCUT2D eigenvalue weighted by atomic mass is 79.9. The standard InChI is InChI=1S/C14H19BrO4/c1-2-5-11-10(6-3-4-9-15)7-8-12(13(11)16)19-14(17)18/h7-8,16H,2-6,9H2,1H3,(H,17,18). The number of phenolic OH excluding ortho intramolecular Hbond substituents is 1. The van der Waals surface area contributed by atoms with Crippen molar-refractivity contribution in [3.05, 3.63) is 23.3 Å². The lowest BCUT2D eigenvalue weighted by Gasteiger charge is -2.13. The van der Waals surface area contributed by atoms with Gasteiger partial charge in [0.25, 0.3) is 0 Å². The quantitative estimate of drug-likeness (QED) is 0.341. The molecule has 2 N–H and O–H groups in total. The van der Waals surface area contributed by atoms with Gasteiger partial charge < -0.3 is 14.9 Å². The third-order valence-corrected chi connectivity index (χ3v) is 3.43. The topological polar surface area (TPSA) is 66.8 Å². The molecule has 0 heterocycles. The fourth-order valence-corrected chi connectivity index (χ4v) is 2.40. The average molecular weight is 331 g/mol. The summed E-state index contributed by atoms with van der Waals surface area (Å²) in [4.78, 5) is 10.5. The van der Waals surface area contributed by atoms with Gasteiger partial charge in [0.15, 0.2) is 11.5 Å². The minimum absolute atomic E-state index is 0.0141. The Labute approximate surface area is 121 Å². The Morgan fingerprint density at radius 2 is 2.05 bits per heavy atom. The smallest absolute Gasteiger partial charge is 0.504 e. The molecule has 1 rings (SSSR count). The summed E-state index contributed by atoms with van der Waals surface area (Å²) in [7, 11) is 0. The first kappa shape index (κ1) is 15.8. The Morgan fingerprint density at radius 1 is 1.32 bits per heavy atom. The van der Waals surface area contributed by atoms with Crippen LogP contribution in [-0.2, 0) is 12.8 Å². The monoisotopic (exact) mass is 330 g/mol. The Kier molecular flexibility index (Phi) is 6.70. The first-order chi connectivity index (χ1) is 9.10. The van der Waals surface area contributed by atoms with Crippen molar-refractivity contribution in [3.63, 3.8) is 0 Å². The third kappa shape index (κ3) is 4.74. The molecule has 0 aromatic heterocycles. The number of halogens is 1. The molecule has 106 valence electrons. The highest BCUT2D eigenvalue weighted by Crippen LogP contribution is 2.34. The van der Waals surface area contributed by atoms with Gasteiger partial charge in [0, 0.05) is 10.9 Å². The lowest BCUT2D eigenvalue weighted by Crippen LogP contribution is -2.05. The van der Waals surface area contributed by atoms with Gasteiger partial charge in [0.2, 0.25) is 0 Å². The molecule has 19 heavy (non-hydrogen) atoms. The van der Waals surface area contributed by atoms with Crippen molar-refractivity contribution < 1.29 is 19.7 Å². The Morgan fingerprint density at radius 3 is 2.63 bits per heavy atom. The zero-order chi connectivity index (χ0) is 14.3. The van der Waals surface area contributed by atoms with Crippen LogP contribution in [-0.4, -0.2) is 21.7 Å². The molecular formula is C14H19BrO4. The van der Waals surface area contributed by atoms with Gasteiger partial charge >= 0.3 is 6.16 Å². The number of phenols is 1. The molecule has 0 bridgehead atoms. The fourth-order valence-electron chi connectivity index (χ4n) is 2.01. The third-order valence-electron chi connectivity index (χ3n) is 2.87. The van der Waals surface area contributed by atoms with E-state index in [0.717, 1.165) is 42.1 Å². The zero-order valence-electron chi connectivity index (χ0n) is 11.0. The Hall–Kier alpha value is -1.23. The van der Waals surface area contributed by atoms with Crippen molar-refractivity contribution in [1.82, 2.24) is 0 Å². The van der Waals surface area contributed by atoms with Crippen molar-refractivity contribution >= 4 is 22.1 Å². The normalized spacial score (nSPS) is 10.4. The summed E-state index contributed by atoms with van der Waals surface area (Å²) in [5.74, 6) is -0.0271. The molecule has 0 unspecified atom stereocenters. The van der Waals surface area contributed by atoms with E-state index in [4.69, 9.17) is 5.11 Å². The number of carboxylic acid groups (broad SMARTS) is 1. The molecule has 0 amide bonds. The van der Waals surface area contributed by atoms with Crippen LogP contribution in [0.15, 0.2) is 12.1 Å². The van der Waals surface area contributed by atoms with Crippen LogP contribution in [0.5, 0.6) is 11.5 Å². The highest BCUT2D eigenvalue weighted by molar-refractivity contribution is 9.09. The number of ether oxygens (including phenoxy) is 1. The zero-order valence-corrected chi connectivity index (χ0v) is 12.6. The number of benzene rings is 1. The van der Waals surface area contributed by atoms with Gasteiger partial charge in [-0.05, 0) is 37.3 Å². The number of unbranched alkanes of at least 4 members (excludes halogenated alkanes) is 1. The van der Waals surface area contributed by atoms with E-state index in [0.29, 0.717) is 6.42 Å². The maximum Gasteiger partial charge on any atom is 0.511 e. The molecule has 1 aromatic carbocycles. The van der Waals surface area contributed by atoms with Crippen molar-refractivity contribution in [1.29, 1.82) is 0 Å². The molecule has 0 aliphatic rings. The first-order valence-electron chi connectivity index (χ1n) is 6.40. The van der Waals surface area contributed by atoms with E-state index in [1.54, 1.807) is 0 Å². The molecule has 0 saturated carbocycles. The second kappa shape index (κ2) is 8.04. The Balaban J connectivity index is 2.97. The van der Waals surface area contributed by atoms with Gasteiger partial charge in [-0.15, -0.1) is 0 Å². The van der Waals surface area contributed by atoms with Crippen LogP contribution in [0.4, 0.5) is 4.79 Å². The van der Waals surface area contributed by atoms with Crippen molar-refractivity contribution in [2.24, 2.45) is 0 Å². The molecule has 4 nitrogen and oxygen atoms in total. The second-order valence-electron chi connectivity index (χ2n) is 4.31. The lowest BCUT2D eigenvalue weighted by molar-refractivity contribution is 0.143. The van der Waals surface area contributed by atoms with Crippen molar-refractivity contribution in [2.45, 2.75) is 39.0 Å². The minimum atomic E-state index is -1.41. The SMILES string of the molecule is CCCc1c(CCCCBr)ccc(OC(=O)O)c1O. The van der Waals surface area contributed by atoms with Crippen LogP contribution >= 0.6 is 15.9 Å². The van der Waals surface area contributed by atoms with E-state index in [2.05, 4.69) is 20.7 Å². The van der Waals surface area contributed by atoms with Crippen molar-refractivity contribution in [2.75, 3.05) is 5.33 Å². The molecule has 0 fully saturated rings. The molecule has 0 aliphatic heterocycles. The van der Waals surface area contributed by atoms with Gasteiger partial charge in [0.05, 0.1) is 0 Å². The van der Waals surface area contributed by atoms with Crippen LogP contribution < -0.4 is 4.74 Å². The summed E-state index contributed by atoms with van der Waals surface area (Å²) >= 11 is 3.39. The van der Waals surface area contributed by atoms with Gasteiger partial charge in [0.1, 0.15) is 0 Å². The summed E-state index contributed by atoms with van der Waals surface area (Å²) in [5, 5.41) is 19.7. The summed E-state index contributed by atoms with van der Waals surface area (Å²) in [5.41, 5.74) is 1.87. The van der Waals surface area contributed by atoms with Crippen LogP contribution in [0.2, 0.25) is 0 Å². The predicted octanol–water partition coefficient (Wildman–Crippen LogP) is 4.12. The van der Waals surface area contributed by atoms with E-state index < -0.39 is 6.16 Å². The van der Waals surface area contributed by atoms with E-state index in [9.17, 15) is 9.90 Å². The molecule has 1 aromatic rings. The van der Waals surface area contributed by atoms with E-state index in [-0.39, 0.29) is 11.5 Å². The van der Waals surface area contributed by atoms with Gasteiger partial charge in [-0.3, -0.25) is 0 Å². The summed E-state index contributed by atoms with van der Waals surface area (Å²) in [6.07, 6.45) is 3.16. The number of hydrogen-bond acceptors (Lipinski definition) is 3. The Bertz CT molecular complexity index is 432. The lowest BCUT2D eigenvalue weighted by atomic mass is 9.97. The number of carbonyl (C=O) groups is 1. The molecular weight excluding hydrogens is 312 g/mol. The van der Waals surface area contributed by atoms with Gasteiger partial charge in [-0.2, -0.15) is 0 Å². The molecule has 0 saturated heterocycles. The highest BCUT2D eigenvalue weighted by Gasteiger charge is 2.15. The summed E-state index contributed by atoms with van der Waals surface area (Å²) in [6, 6.07) is 3.36. The maximum atomic E-state index is 10.5. The van der Waals surface area contributed by atoms with E-state index in [1.807, 2.05) is 13.0 Å². The summed E-state index contributed by atoms with van der Waals surface area (Å²) < 4.78 is 4.57. The molecule has 5 heteroatoms. The second-order valence-corrected chi connectivity index (χ2v) is 5.11. The average Bonchev–Trinajstić information content (AvgIpc) is 2.36. The minimum Gasteiger partial charge on any atom is -0.504 e. The fraction of sp³-hybridized carbons (Fsp3) is 0.500. The molecule has 0 radical (unpaired) electrons. The van der Waals surface area contributed by atoms with E-state index >= 15 is 0 Å². The molecule has 0 spiro atoms. The number of aryl methyl sites for hydroxylation is 1. The number of rotatable bonds is 7. The number of aromatic hydroxyl groups is 1. The van der Waals surface area contributed by atoms with Gasteiger partial charge in [-0.25, -0.2) is 4.79 Å². The number of hydrogen-bond donors (Lipinski definition) is 2. The molecule has 0 atom stereocenters. The van der Waals surface area contributed by atoms with Crippen LogP contribution in [0.1, 0.15) is 37.3 Å². The van der Waals surface area contributed by atoms with Crippen LogP contribution in [0.25, 0.3) is 0 Å².